The number of thioether (sulfide) groups is 1. The van der Waals surface area contributed by atoms with Crippen LogP contribution < -0.4 is 16.0 Å². The van der Waals surface area contributed by atoms with Gasteiger partial charge in [0.1, 0.15) is 5.70 Å². The summed E-state index contributed by atoms with van der Waals surface area (Å²) in [5, 5.41) is 18.0. The highest BCUT2D eigenvalue weighted by Crippen LogP contribution is 2.29. The molecule has 5 aromatic rings. The summed E-state index contributed by atoms with van der Waals surface area (Å²) in [6, 6.07) is 27.2. The van der Waals surface area contributed by atoms with Gasteiger partial charge in [0, 0.05) is 38.8 Å². The average molecular weight is 639 g/mol. The summed E-state index contributed by atoms with van der Waals surface area (Å²) in [6.07, 6.45) is 3.38. The number of amides is 3. The first kappa shape index (κ1) is 31.1. The highest BCUT2D eigenvalue weighted by Gasteiger charge is 2.19. The molecule has 4 aromatic carbocycles. The van der Waals surface area contributed by atoms with Crippen LogP contribution in [-0.2, 0) is 9.59 Å². The smallest absolute Gasteiger partial charge is 0.335 e. The van der Waals surface area contributed by atoms with E-state index < -0.39 is 23.0 Å². The van der Waals surface area contributed by atoms with E-state index in [1.807, 2.05) is 24.3 Å². The largest absolute Gasteiger partial charge is 0.478 e. The molecular weight excluding hydrogens is 612 g/mol. The van der Waals surface area contributed by atoms with Crippen LogP contribution in [0.25, 0.3) is 17.0 Å². The summed E-state index contributed by atoms with van der Waals surface area (Å²) in [6.45, 7) is 1.70. The van der Waals surface area contributed by atoms with Crippen molar-refractivity contribution >= 4 is 75.4 Å². The van der Waals surface area contributed by atoms with Crippen LogP contribution in [-0.4, -0.2) is 39.0 Å². The zero-order chi connectivity index (χ0) is 31.9. The molecule has 3 amide bonds. The van der Waals surface area contributed by atoms with Crippen molar-refractivity contribution in [1.29, 1.82) is 0 Å². The van der Waals surface area contributed by atoms with Gasteiger partial charge in [0.15, 0.2) is 0 Å². The topological polar surface area (TPSA) is 140 Å². The van der Waals surface area contributed by atoms with Crippen molar-refractivity contribution in [1.82, 2.24) is 10.3 Å². The van der Waals surface area contributed by atoms with Crippen LogP contribution in [0.4, 0.5) is 11.4 Å². The molecule has 0 saturated heterocycles. The van der Waals surface area contributed by atoms with Crippen LogP contribution in [0.2, 0.25) is 5.02 Å². The molecule has 45 heavy (non-hydrogen) atoms. The van der Waals surface area contributed by atoms with Crippen LogP contribution in [0.3, 0.4) is 0 Å². The Labute approximate surface area is 267 Å². The van der Waals surface area contributed by atoms with Gasteiger partial charge in [-0.15, -0.1) is 11.8 Å². The number of rotatable bonds is 10. The van der Waals surface area contributed by atoms with Crippen molar-refractivity contribution in [3.63, 3.8) is 0 Å². The Bertz CT molecular complexity index is 1940. The van der Waals surface area contributed by atoms with E-state index in [2.05, 4.69) is 20.9 Å². The number of fused-ring (bicyclic) bond motifs is 1. The Morgan fingerprint density at radius 2 is 1.62 bits per heavy atom. The van der Waals surface area contributed by atoms with Gasteiger partial charge in [0.2, 0.25) is 5.91 Å². The molecule has 11 heteroatoms. The first-order valence-electron chi connectivity index (χ1n) is 13.7. The van der Waals surface area contributed by atoms with Crippen LogP contribution in [0.1, 0.15) is 33.2 Å². The summed E-state index contributed by atoms with van der Waals surface area (Å²) in [5.74, 6) is -2.49. The fourth-order valence-electron chi connectivity index (χ4n) is 4.40. The van der Waals surface area contributed by atoms with Crippen LogP contribution in [0.15, 0.2) is 114 Å². The Morgan fingerprint density at radius 1 is 0.867 bits per heavy atom. The third-order valence-electron chi connectivity index (χ3n) is 6.70. The predicted octanol–water partition coefficient (Wildman–Crippen LogP) is 7.05. The summed E-state index contributed by atoms with van der Waals surface area (Å²) in [7, 11) is 0. The monoisotopic (exact) mass is 638 g/mol. The maximum Gasteiger partial charge on any atom is 0.335 e. The van der Waals surface area contributed by atoms with E-state index >= 15 is 0 Å². The average Bonchev–Trinajstić information content (AvgIpc) is 3.44. The van der Waals surface area contributed by atoms with Gasteiger partial charge < -0.3 is 26.0 Å². The second-order valence-electron chi connectivity index (χ2n) is 9.90. The number of carbonyl (C=O) groups excluding carboxylic acids is 3. The highest BCUT2D eigenvalue weighted by molar-refractivity contribution is 8.00. The Balaban J connectivity index is 1.32. The molecule has 0 radical (unpaired) electrons. The molecule has 0 aliphatic rings. The Morgan fingerprint density at radius 3 is 2.40 bits per heavy atom. The molecule has 1 aromatic heterocycles. The quantitative estimate of drug-likeness (QED) is 0.0820. The number of hydrogen-bond acceptors (Lipinski definition) is 5. The molecule has 0 saturated carbocycles. The van der Waals surface area contributed by atoms with Crippen LogP contribution >= 0.6 is 23.4 Å². The fraction of sp³-hybridized carbons (Fsp3) is 0.0588. The number of benzene rings is 4. The van der Waals surface area contributed by atoms with Crippen molar-refractivity contribution < 1.29 is 24.3 Å². The lowest BCUT2D eigenvalue weighted by Gasteiger charge is -2.15. The molecule has 226 valence electrons. The molecule has 9 nitrogen and oxygen atoms in total. The summed E-state index contributed by atoms with van der Waals surface area (Å²) >= 11 is 7.40. The molecule has 1 unspecified atom stereocenters. The lowest BCUT2D eigenvalue weighted by molar-refractivity contribution is -0.115. The number of carboxylic acids is 1. The summed E-state index contributed by atoms with van der Waals surface area (Å²) in [4.78, 5) is 54.7. The van der Waals surface area contributed by atoms with Gasteiger partial charge in [0.25, 0.3) is 11.8 Å². The first-order chi connectivity index (χ1) is 21.7. The number of carbonyl (C=O) groups is 4. The normalized spacial score (nSPS) is 11.9. The number of aromatic nitrogens is 1. The molecule has 0 aliphatic carbocycles. The second kappa shape index (κ2) is 14.0. The van der Waals surface area contributed by atoms with Crippen molar-refractivity contribution in [3.05, 3.63) is 131 Å². The molecule has 5 rings (SSSR count). The molecule has 0 aliphatic heterocycles. The summed E-state index contributed by atoms with van der Waals surface area (Å²) < 4.78 is 0. The van der Waals surface area contributed by atoms with Gasteiger partial charge in [0.05, 0.1) is 21.5 Å². The number of aromatic amines is 1. The van der Waals surface area contributed by atoms with Crippen molar-refractivity contribution in [2.75, 3.05) is 10.6 Å². The highest BCUT2D eigenvalue weighted by atomic mass is 35.5. The van der Waals surface area contributed by atoms with Gasteiger partial charge in [-0.3, -0.25) is 14.4 Å². The SMILES string of the molecule is CC(Sc1cccc(NC(=O)/C(=C/c2c[nH]c3ccccc23)NC(=O)c2ccccc2)c1)C(=O)Nc1cc(C(=O)O)ccc1Cl. The first-order valence-corrected chi connectivity index (χ1v) is 15.0. The lowest BCUT2D eigenvalue weighted by Crippen LogP contribution is -2.30. The molecule has 1 heterocycles. The van der Waals surface area contributed by atoms with Crippen LogP contribution in [0, 0.1) is 0 Å². The van der Waals surface area contributed by atoms with Gasteiger partial charge in [-0.25, -0.2) is 4.79 Å². The minimum atomic E-state index is -1.14. The number of aromatic carboxylic acids is 1. The molecule has 0 fully saturated rings. The Kier molecular flexibility index (Phi) is 9.67. The van der Waals surface area contributed by atoms with Crippen molar-refractivity contribution in [2.24, 2.45) is 0 Å². The minimum absolute atomic E-state index is 0.00322. The zero-order valence-electron chi connectivity index (χ0n) is 23.8. The predicted molar refractivity (Wildman–Crippen MR) is 178 cm³/mol. The number of anilines is 2. The zero-order valence-corrected chi connectivity index (χ0v) is 25.4. The van der Waals surface area contributed by atoms with E-state index in [1.165, 1.54) is 30.0 Å². The maximum atomic E-state index is 13.6. The number of halogens is 1. The van der Waals surface area contributed by atoms with Crippen molar-refractivity contribution in [2.45, 2.75) is 17.1 Å². The van der Waals surface area contributed by atoms with E-state index in [0.29, 0.717) is 16.1 Å². The molecule has 1 atom stereocenters. The molecule has 0 spiro atoms. The number of hydrogen-bond donors (Lipinski definition) is 5. The molecular formula is C34H27ClN4O5S. The lowest BCUT2D eigenvalue weighted by atomic mass is 10.1. The van der Waals surface area contributed by atoms with Crippen molar-refractivity contribution in [3.8, 4) is 0 Å². The van der Waals surface area contributed by atoms with E-state index in [0.717, 1.165) is 16.5 Å². The van der Waals surface area contributed by atoms with E-state index in [-0.39, 0.29) is 27.9 Å². The number of para-hydroxylation sites is 1. The third-order valence-corrected chi connectivity index (χ3v) is 8.12. The van der Waals surface area contributed by atoms with Crippen LogP contribution in [0.5, 0.6) is 0 Å². The molecule has 5 N–H and O–H groups in total. The van der Waals surface area contributed by atoms with Gasteiger partial charge in [-0.2, -0.15) is 0 Å². The van der Waals surface area contributed by atoms with E-state index in [1.54, 1.807) is 73.8 Å². The van der Waals surface area contributed by atoms with Gasteiger partial charge in [-0.05, 0) is 67.6 Å². The maximum absolute atomic E-state index is 13.6. The second-order valence-corrected chi connectivity index (χ2v) is 11.7. The Hall–Kier alpha value is -5.32. The fourth-order valence-corrected chi connectivity index (χ4v) is 5.49. The van der Waals surface area contributed by atoms with Gasteiger partial charge in [-0.1, -0.05) is 54.1 Å². The van der Waals surface area contributed by atoms with E-state index in [4.69, 9.17) is 11.6 Å². The number of carboxylic acid groups (broad SMARTS) is 1. The number of nitrogens with one attached hydrogen (secondary N) is 4. The van der Waals surface area contributed by atoms with E-state index in [9.17, 15) is 24.3 Å². The number of H-pyrrole nitrogens is 1. The summed E-state index contributed by atoms with van der Waals surface area (Å²) in [5.41, 5.74) is 2.70. The molecule has 0 bridgehead atoms. The minimum Gasteiger partial charge on any atom is -0.478 e. The standard InChI is InChI=1S/C34H27ClN4O5S/c1-20(31(40)38-29-16-22(34(43)44)14-15-27(29)35)45-25-11-7-10-24(18-25)37-33(42)30(39-32(41)21-8-3-2-4-9-21)17-23-19-36-28-13-6-5-12-26(23)28/h2-20,36H,1H3,(H,37,42)(H,38,40)(H,39,41)(H,43,44)/b30-17-. The third kappa shape index (κ3) is 7.80. The van der Waals surface area contributed by atoms with Gasteiger partial charge >= 0.3 is 5.97 Å².